The van der Waals surface area contributed by atoms with Crippen LogP contribution in [0.5, 0.6) is 34.5 Å². The van der Waals surface area contributed by atoms with Crippen molar-refractivity contribution in [3.05, 3.63) is 253 Å². The zero-order chi connectivity index (χ0) is 77.9. The quantitative estimate of drug-likeness (QED) is 0.0831. The Kier molecular flexibility index (Phi) is 16.7. The van der Waals surface area contributed by atoms with Crippen molar-refractivity contribution in [2.24, 2.45) is 0 Å². The van der Waals surface area contributed by atoms with Gasteiger partial charge in [0.2, 0.25) is 56.2 Å². The number of anilines is 6. The Morgan fingerprint density at radius 2 is 0.491 bits per heavy atom. The van der Waals surface area contributed by atoms with Gasteiger partial charge in [-0.2, -0.15) is 9.13 Å². The van der Waals surface area contributed by atoms with Gasteiger partial charge in [-0.05, 0) is 92.4 Å². The molecule has 0 saturated carbocycles. The second-order valence-electron chi connectivity index (χ2n) is 33.7. The van der Waals surface area contributed by atoms with E-state index in [9.17, 15) is 0 Å². The van der Waals surface area contributed by atoms with E-state index < -0.39 is 0 Å². The summed E-state index contributed by atoms with van der Waals surface area (Å²) in [6.07, 6.45) is 0. The topological polar surface area (TPSA) is 101 Å². The predicted molar refractivity (Wildman–Crippen MR) is 455 cm³/mol. The summed E-state index contributed by atoms with van der Waals surface area (Å²) in [7, 11) is 10.5. The summed E-state index contributed by atoms with van der Waals surface area (Å²) in [5.41, 5.74) is 23.4. The number of rotatable bonds is 13. The van der Waals surface area contributed by atoms with Crippen molar-refractivity contribution in [2.75, 3.05) is 42.7 Å². The zero-order valence-corrected chi connectivity index (χ0v) is 67.0. The lowest BCUT2D eigenvalue weighted by atomic mass is 9.85. The van der Waals surface area contributed by atoms with Crippen LogP contribution in [0.1, 0.15) is 105 Å². The fourth-order valence-corrected chi connectivity index (χ4v) is 17.5. The number of hydrogen-bond acceptors (Lipinski definition) is 10. The number of aromatic nitrogens is 2. The van der Waals surface area contributed by atoms with Gasteiger partial charge in [-0.3, -0.25) is 0 Å². The maximum atomic E-state index is 8.31. The van der Waals surface area contributed by atoms with Gasteiger partial charge in [0.1, 0.15) is 78.7 Å². The SMILES string of the molecule is COc1cccc2c1-c1c(-c3c4c(OC)cccc4[n+](-c4ccc(C(C)(C)C)cc4)c4cccc(OC)c34)oc3c(-c4ccc5c6c(c(-c7c8c(OC)cccc8[n+](-c8ccc(C(C)(C)C)cc8)c8cccc(OC)c78)oc46)-c4c(OC)cccc4[N+]5c4ccc(C(C)(C)C)cc4)ccc(c13)[N+]2c1ccc(C(C)(C)C)cc1. The first-order valence-corrected chi connectivity index (χ1v) is 38.5. The first-order chi connectivity index (χ1) is 53.9. The van der Waals surface area contributed by atoms with Gasteiger partial charge in [0, 0.05) is 108 Å². The minimum Gasteiger partial charge on any atom is -0.496 e. The summed E-state index contributed by atoms with van der Waals surface area (Å²) in [5.74, 6) is 5.13. The summed E-state index contributed by atoms with van der Waals surface area (Å²) in [6, 6.07) is 82.6. The van der Waals surface area contributed by atoms with Crippen LogP contribution in [0.2, 0.25) is 0 Å². The summed E-state index contributed by atoms with van der Waals surface area (Å²) >= 11 is 0. The van der Waals surface area contributed by atoms with Crippen molar-refractivity contribution >= 4 is 99.7 Å². The Balaban J connectivity index is 1.02. The van der Waals surface area contributed by atoms with Gasteiger partial charge in [0.05, 0.1) is 86.8 Å². The number of nitrogens with zero attached hydrogens (tertiary/aromatic N) is 4. The molecule has 0 atom stereocenters. The molecule has 12 heteroatoms. The molecule has 0 bridgehead atoms. The van der Waals surface area contributed by atoms with E-state index in [2.05, 4.69) is 308 Å². The molecule has 112 heavy (non-hydrogen) atoms. The summed E-state index contributed by atoms with van der Waals surface area (Å²) in [4.78, 5) is 4.73. The number of fused-ring (bicyclic) bond motifs is 8. The molecule has 2 radical (unpaired) electrons. The molecule has 0 amide bonds. The molecule has 0 N–H and O–H groups in total. The average molecular weight is 1480 g/mol. The maximum Gasteiger partial charge on any atom is 0.223 e. The van der Waals surface area contributed by atoms with E-state index >= 15 is 0 Å². The van der Waals surface area contributed by atoms with Crippen molar-refractivity contribution in [1.29, 1.82) is 0 Å². The first-order valence-electron chi connectivity index (χ1n) is 38.5. The molecule has 556 valence electrons. The molecule has 18 rings (SSSR count). The monoisotopic (exact) mass is 1480 g/mol. The molecule has 0 fully saturated rings. The Morgan fingerprint density at radius 3 is 0.759 bits per heavy atom. The summed E-state index contributed by atoms with van der Waals surface area (Å²) in [5, 5.41) is 5.03. The summed E-state index contributed by atoms with van der Waals surface area (Å²) in [6.45, 7) is 27.0. The Bertz CT molecular complexity index is 6010. The predicted octanol–water partition coefficient (Wildman–Crippen LogP) is 25.4. The molecule has 2 aliphatic heterocycles. The van der Waals surface area contributed by atoms with Gasteiger partial charge in [0.25, 0.3) is 0 Å². The van der Waals surface area contributed by atoms with E-state index in [1.54, 1.807) is 42.7 Å². The van der Waals surface area contributed by atoms with E-state index in [-0.39, 0.29) is 21.7 Å². The van der Waals surface area contributed by atoms with E-state index in [0.717, 1.165) is 144 Å². The zero-order valence-electron chi connectivity index (χ0n) is 67.0. The number of benzene rings is 12. The lowest BCUT2D eigenvalue weighted by Crippen LogP contribution is -2.33. The van der Waals surface area contributed by atoms with Crippen molar-refractivity contribution in [1.82, 2.24) is 9.80 Å². The summed E-state index contributed by atoms with van der Waals surface area (Å²) < 4.78 is 61.3. The smallest absolute Gasteiger partial charge is 0.223 e. The van der Waals surface area contributed by atoms with Crippen LogP contribution in [0, 0.1) is 0 Å². The van der Waals surface area contributed by atoms with Crippen LogP contribution < -0.4 is 47.4 Å². The molecule has 0 saturated heterocycles. The van der Waals surface area contributed by atoms with Crippen LogP contribution in [0.25, 0.3) is 133 Å². The van der Waals surface area contributed by atoms with Gasteiger partial charge in [-0.1, -0.05) is 178 Å². The molecule has 6 heterocycles. The van der Waals surface area contributed by atoms with Crippen LogP contribution in [-0.4, -0.2) is 42.7 Å². The Labute approximate surface area is 654 Å². The lowest BCUT2D eigenvalue weighted by Gasteiger charge is -2.24. The van der Waals surface area contributed by atoms with Crippen molar-refractivity contribution in [2.45, 2.75) is 105 Å². The number of pyridine rings is 2. The number of furan rings is 2. The van der Waals surface area contributed by atoms with E-state index in [1.165, 1.54) is 22.3 Å². The van der Waals surface area contributed by atoms with Crippen molar-refractivity contribution in [3.8, 4) is 102 Å². The fourth-order valence-electron chi connectivity index (χ4n) is 17.5. The van der Waals surface area contributed by atoms with Gasteiger partial charge >= 0.3 is 0 Å². The van der Waals surface area contributed by atoms with Crippen LogP contribution in [-0.2, 0) is 21.7 Å². The van der Waals surface area contributed by atoms with E-state index in [1.807, 2.05) is 24.3 Å². The molecular weight excluding hydrogens is 1390 g/mol. The number of hydrogen-bond donors (Lipinski definition) is 0. The van der Waals surface area contributed by atoms with Gasteiger partial charge in [-0.15, -0.1) is 0 Å². The third kappa shape index (κ3) is 10.9. The highest BCUT2D eigenvalue weighted by Crippen LogP contribution is 2.64. The average Bonchev–Trinajstić information content (AvgIpc) is 1.50. The van der Waals surface area contributed by atoms with Gasteiger partial charge in [-0.25, -0.2) is 0 Å². The minimum absolute atomic E-state index is 0.0757. The fraction of sp³-hybridized carbons (Fsp3) is 0.220. The molecule has 12 nitrogen and oxygen atoms in total. The Hall–Kier alpha value is -12.2. The van der Waals surface area contributed by atoms with E-state index in [4.69, 9.17) is 37.3 Å². The molecule has 12 aromatic carbocycles. The molecule has 0 aliphatic carbocycles. The maximum absolute atomic E-state index is 8.31. The van der Waals surface area contributed by atoms with Crippen LogP contribution in [0.4, 0.5) is 34.1 Å². The third-order valence-corrected chi connectivity index (χ3v) is 23.1. The third-order valence-electron chi connectivity index (χ3n) is 23.1. The minimum atomic E-state index is -0.103. The highest BCUT2D eigenvalue weighted by atomic mass is 16.5. The van der Waals surface area contributed by atoms with Gasteiger partial charge in [0.15, 0.2) is 11.4 Å². The highest BCUT2D eigenvalue weighted by molar-refractivity contribution is 6.26. The van der Waals surface area contributed by atoms with Crippen molar-refractivity contribution in [3.63, 3.8) is 0 Å². The highest BCUT2D eigenvalue weighted by Gasteiger charge is 2.48. The normalized spacial score (nSPS) is 13.2. The second-order valence-corrected chi connectivity index (χ2v) is 33.7. The van der Waals surface area contributed by atoms with Crippen LogP contribution in [0.3, 0.4) is 0 Å². The Morgan fingerprint density at radius 1 is 0.232 bits per heavy atom. The second kappa shape index (κ2) is 26.2. The standard InChI is InChI=1S/C100H92N4O8/c1-97(2,3)57-37-45-61(46-38-57)101-67-25-19-31-75(105-13)81(67)89(82-68(101)26-20-32-76(82)106-14)95-91-85-71(29-23-35-79(85)109-17)103(63-49-41-59(42-50-63)99(7,8)9)73-55-53-65(93(111-95)87(73)91)66-54-56-74-88-92(86-72(30-24-36-80(86)110-18)104(74)64-51-43-60(44-52-64)100(10,11)12)96(112-94(66)88)90-83-69(27-21-33-77(83)107-15)102(70-28-22-34-78(108-16)84(70)90)62-47-39-58(40-48-62)98(4,5)6/h19-56H,1-18H3/q+4. The number of methoxy groups -OCH3 is 6. The molecule has 16 aromatic rings. The first kappa shape index (κ1) is 71.4. The molecular formula is C100H92N4O8+4. The molecule has 4 aromatic heterocycles. The lowest BCUT2D eigenvalue weighted by molar-refractivity contribution is -0.538. The van der Waals surface area contributed by atoms with Gasteiger partial charge < -0.3 is 37.3 Å². The van der Waals surface area contributed by atoms with Crippen molar-refractivity contribution < 1.29 is 46.4 Å². The van der Waals surface area contributed by atoms with E-state index in [0.29, 0.717) is 57.2 Å². The number of ether oxygens (including phenoxy) is 6. The molecule has 2 aliphatic rings. The molecule has 0 unspecified atom stereocenters. The van der Waals surface area contributed by atoms with Crippen LogP contribution >= 0.6 is 0 Å². The van der Waals surface area contributed by atoms with Crippen LogP contribution in [0.15, 0.2) is 239 Å². The molecule has 0 spiro atoms. The largest absolute Gasteiger partial charge is 0.496 e.